The van der Waals surface area contributed by atoms with Gasteiger partial charge in [0.15, 0.2) is 5.96 Å². The van der Waals surface area contributed by atoms with Crippen molar-refractivity contribution in [2.45, 2.75) is 40.3 Å². The number of halogens is 1. The number of aryl methyl sites for hydroxylation is 2. The molecule has 1 unspecified atom stereocenters. The normalized spacial score (nSPS) is 12.4. The molecule has 0 spiro atoms. The number of aliphatic imine (C=N–C) groups is 1. The standard InChI is InChI=1S/C17H24N4O.HI/c1-5-18-17(19-11-16-20-12(2)14(4)22-16)21-13(3)15-9-7-6-8-10-15;/h6-10,13H,5,11H2,1-4H3,(H2,18,19,21);1H. The molecule has 5 nitrogen and oxygen atoms in total. The van der Waals surface area contributed by atoms with Gasteiger partial charge in [0, 0.05) is 6.54 Å². The lowest BCUT2D eigenvalue weighted by atomic mass is 10.1. The van der Waals surface area contributed by atoms with Crippen molar-refractivity contribution in [2.24, 2.45) is 4.99 Å². The van der Waals surface area contributed by atoms with Crippen molar-refractivity contribution in [1.29, 1.82) is 0 Å². The van der Waals surface area contributed by atoms with Crippen LogP contribution >= 0.6 is 24.0 Å². The second-order valence-corrected chi connectivity index (χ2v) is 5.22. The van der Waals surface area contributed by atoms with Crippen LogP contribution in [0.4, 0.5) is 0 Å². The van der Waals surface area contributed by atoms with Gasteiger partial charge in [0.2, 0.25) is 5.89 Å². The molecule has 23 heavy (non-hydrogen) atoms. The van der Waals surface area contributed by atoms with Crippen LogP contribution in [-0.2, 0) is 6.54 Å². The van der Waals surface area contributed by atoms with Crippen LogP contribution in [0.2, 0.25) is 0 Å². The molecule has 2 aromatic rings. The topological polar surface area (TPSA) is 62.5 Å². The summed E-state index contributed by atoms with van der Waals surface area (Å²) >= 11 is 0. The number of hydrogen-bond donors (Lipinski definition) is 2. The molecule has 0 saturated heterocycles. The number of aromatic nitrogens is 1. The number of rotatable bonds is 5. The summed E-state index contributed by atoms with van der Waals surface area (Å²) in [6.07, 6.45) is 0. The first-order valence-electron chi connectivity index (χ1n) is 7.62. The molecule has 0 amide bonds. The Bertz CT molecular complexity index is 605. The van der Waals surface area contributed by atoms with Gasteiger partial charge >= 0.3 is 0 Å². The van der Waals surface area contributed by atoms with Gasteiger partial charge in [0.05, 0.1) is 11.7 Å². The molecule has 1 atom stereocenters. The molecular formula is C17H25IN4O. The highest BCUT2D eigenvalue weighted by Crippen LogP contribution is 2.11. The summed E-state index contributed by atoms with van der Waals surface area (Å²) in [7, 11) is 0. The Labute approximate surface area is 155 Å². The fourth-order valence-electron chi connectivity index (χ4n) is 2.10. The molecule has 1 aromatic carbocycles. The Hall–Kier alpha value is -1.57. The molecule has 0 fully saturated rings. The third-order valence-electron chi connectivity index (χ3n) is 3.44. The second-order valence-electron chi connectivity index (χ2n) is 5.22. The number of guanidine groups is 1. The number of nitrogens with zero attached hydrogens (tertiary/aromatic N) is 2. The van der Waals surface area contributed by atoms with Crippen LogP contribution in [-0.4, -0.2) is 17.5 Å². The Morgan fingerprint density at radius 2 is 1.96 bits per heavy atom. The lowest BCUT2D eigenvalue weighted by Crippen LogP contribution is -2.38. The maximum absolute atomic E-state index is 5.56. The monoisotopic (exact) mass is 428 g/mol. The van der Waals surface area contributed by atoms with E-state index in [9.17, 15) is 0 Å². The maximum Gasteiger partial charge on any atom is 0.216 e. The Kier molecular flexibility index (Phi) is 8.08. The van der Waals surface area contributed by atoms with Crippen molar-refractivity contribution in [3.8, 4) is 0 Å². The first-order valence-corrected chi connectivity index (χ1v) is 7.62. The van der Waals surface area contributed by atoms with Gasteiger partial charge in [-0.2, -0.15) is 0 Å². The average Bonchev–Trinajstić information content (AvgIpc) is 2.84. The summed E-state index contributed by atoms with van der Waals surface area (Å²) in [6.45, 7) is 9.23. The van der Waals surface area contributed by atoms with E-state index >= 15 is 0 Å². The number of oxazole rings is 1. The van der Waals surface area contributed by atoms with E-state index in [2.05, 4.69) is 39.7 Å². The zero-order chi connectivity index (χ0) is 15.9. The lowest BCUT2D eigenvalue weighted by molar-refractivity contribution is 0.472. The van der Waals surface area contributed by atoms with Crippen LogP contribution in [0.15, 0.2) is 39.7 Å². The number of benzene rings is 1. The Morgan fingerprint density at radius 3 is 2.52 bits per heavy atom. The summed E-state index contributed by atoms with van der Waals surface area (Å²) < 4.78 is 5.56. The van der Waals surface area contributed by atoms with Crippen molar-refractivity contribution in [3.63, 3.8) is 0 Å². The Morgan fingerprint density at radius 1 is 1.26 bits per heavy atom. The van der Waals surface area contributed by atoms with Crippen LogP contribution in [0.1, 0.15) is 42.8 Å². The molecule has 0 aliphatic rings. The molecule has 1 heterocycles. The van der Waals surface area contributed by atoms with E-state index in [4.69, 9.17) is 4.42 Å². The molecule has 0 aliphatic heterocycles. The summed E-state index contributed by atoms with van der Waals surface area (Å²) in [5, 5.41) is 6.64. The zero-order valence-electron chi connectivity index (χ0n) is 14.1. The Balaban J connectivity index is 0.00000264. The third kappa shape index (κ3) is 5.85. The summed E-state index contributed by atoms with van der Waals surface area (Å²) in [6, 6.07) is 10.5. The zero-order valence-corrected chi connectivity index (χ0v) is 16.4. The van der Waals surface area contributed by atoms with Gasteiger partial charge < -0.3 is 15.1 Å². The molecule has 2 rings (SSSR count). The fourth-order valence-corrected chi connectivity index (χ4v) is 2.10. The summed E-state index contributed by atoms with van der Waals surface area (Å²) in [5.74, 6) is 2.24. The minimum atomic E-state index is 0. The molecular weight excluding hydrogens is 403 g/mol. The predicted octanol–water partition coefficient (Wildman–Crippen LogP) is 3.73. The highest BCUT2D eigenvalue weighted by Gasteiger charge is 2.08. The highest BCUT2D eigenvalue weighted by molar-refractivity contribution is 14.0. The summed E-state index contributed by atoms with van der Waals surface area (Å²) in [4.78, 5) is 8.89. The van der Waals surface area contributed by atoms with E-state index in [1.165, 1.54) is 5.56 Å². The van der Waals surface area contributed by atoms with Gasteiger partial charge in [-0.1, -0.05) is 30.3 Å². The van der Waals surface area contributed by atoms with Crippen molar-refractivity contribution in [3.05, 3.63) is 53.2 Å². The van der Waals surface area contributed by atoms with Gasteiger partial charge in [-0.05, 0) is 33.3 Å². The molecule has 6 heteroatoms. The van der Waals surface area contributed by atoms with Gasteiger partial charge in [0.1, 0.15) is 12.3 Å². The molecule has 0 saturated carbocycles. The quantitative estimate of drug-likeness (QED) is 0.433. The van der Waals surface area contributed by atoms with Crippen molar-refractivity contribution in [1.82, 2.24) is 15.6 Å². The van der Waals surface area contributed by atoms with E-state index < -0.39 is 0 Å². The molecule has 0 radical (unpaired) electrons. The minimum absolute atomic E-state index is 0. The van der Waals surface area contributed by atoms with Crippen LogP contribution in [0.3, 0.4) is 0 Å². The fraction of sp³-hybridized carbons (Fsp3) is 0.412. The van der Waals surface area contributed by atoms with Crippen molar-refractivity contribution >= 4 is 29.9 Å². The smallest absolute Gasteiger partial charge is 0.216 e. The predicted molar refractivity (Wildman–Crippen MR) is 104 cm³/mol. The van der Waals surface area contributed by atoms with Gasteiger partial charge in [0.25, 0.3) is 0 Å². The first-order chi connectivity index (χ1) is 10.6. The van der Waals surface area contributed by atoms with Crippen LogP contribution in [0.25, 0.3) is 0 Å². The van der Waals surface area contributed by atoms with E-state index in [0.717, 1.165) is 24.0 Å². The van der Waals surface area contributed by atoms with Crippen molar-refractivity contribution < 1.29 is 4.42 Å². The van der Waals surface area contributed by atoms with Gasteiger partial charge in [-0.15, -0.1) is 24.0 Å². The first kappa shape index (κ1) is 19.5. The molecule has 1 aromatic heterocycles. The van der Waals surface area contributed by atoms with E-state index in [1.807, 2.05) is 39.0 Å². The number of hydrogen-bond acceptors (Lipinski definition) is 3. The SMILES string of the molecule is CCNC(=NCc1nc(C)c(C)o1)NC(C)c1ccccc1.I. The molecule has 2 N–H and O–H groups in total. The van der Waals surface area contributed by atoms with E-state index in [0.29, 0.717) is 12.4 Å². The van der Waals surface area contributed by atoms with E-state index in [1.54, 1.807) is 0 Å². The molecule has 0 bridgehead atoms. The molecule has 126 valence electrons. The van der Waals surface area contributed by atoms with Gasteiger partial charge in [-0.25, -0.2) is 9.98 Å². The summed E-state index contributed by atoms with van der Waals surface area (Å²) in [5.41, 5.74) is 2.14. The number of nitrogens with one attached hydrogen (secondary N) is 2. The van der Waals surface area contributed by atoms with Crippen LogP contribution in [0.5, 0.6) is 0 Å². The maximum atomic E-state index is 5.56. The van der Waals surface area contributed by atoms with Gasteiger partial charge in [-0.3, -0.25) is 0 Å². The lowest BCUT2D eigenvalue weighted by Gasteiger charge is -2.17. The average molecular weight is 428 g/mol. The largest absolute Gasteiger partial charge is 0.444 e. The second kappa shape index (κ2) is 9.54. The third-order valence-corrected chi connectivity index (χ3v) is 3.44. The van der Waals surface area contributed by atoms with Crippen LogP contribution in [0, 0.1) is 13.8 Å². The van der Waals surface area contributed by atoms with E-state index in [-0.39, 0.29) is 30.0 Å². The van der Waals surface area contributed by atoms with Crippen LogP contribution < -0.4 is 10.6 Å². The highest BCUT2D eigenvalue weighted by atomic mass is 127. The molecule has 0 aliphatic carbocycles. The van der Waals surface area contributed by atoms with Crippen molar-refractivity contribution in [2.75, 3.05) is 6.54 Å². The minimum Gasteiger partial charge on any atom is -0.444 e.